The van der Waals surface area contributed by atoms with E-state index in [4.69, 9.17) is 9.26 Å². The Bertz CT molecular complexity index is 686. The third kappa shape index (κ3) is 4.32. The Morgan fingerprint density at radius 3 is 2.73 bits per heavy atom. The smallest absolute Gasteiger partial charge is 0.308 e. The van der Waals surface area contributed by atoms with Gasteiger partial charge in [-0.25, -0.2) is 0 Å². The van der Waals surface area contributed by atoms with Gasteiger partial charge in [0.2, 0.25) is 5.76 Å². The Morgan fingerprint density at radius 2 is 2.09 bits per heavy atom. The van der Waals surface area contributed by atoms with Crippen LogP contribution in [0, 0.1) is 6.92 Å². The van der Waals surface area contributed by atoms with Gasteiger partial charge in [-0.1, -0.05) is 27.2 Å². The fourth-order valence-electron chi connectivity index (χ4n) is 1.55. The number of nitrogens with zero attached hydrogens (tertiary/aromatic N) is 1. The molecule has 22 heavy (non-hydrogen) atoms. The second-order valence-electron chi connectivity index (χ2n) is 4.49. The van der Waals surface area contributed by atoms with Crippen molar-refractivity contribution in [2.75, 3.05) is 0 Å². The largest absolute Gasteiger partial charge is 0.481 e. The normalized spacial score (nSPS) is 11.6. The molecule has 0 aliphatic heterocycles. The monoisotopic (exact) mass is 367 g/mol. The van der Waals surface area contributed by atoms with E-state index < -0.39 is 17.9 Å². The van der Waals surface area contributed by atoms with Gasteiger partial charge in [-0.05, 0) is 32.0 Å². The zero-order chi connectivity index (χ0) is 16.1. The Kier molecular flexibility index (Phi) is 5.16. The van der Waals surface area contributed by atoms with Gasteiger partial charge in [-0.15, -0.1) is 0 Å². The summed E-state index contributed by atoms with van der Waals surface area (Å²) in [5, 5.41) is 3.59. The lowest BCUT2D eigenvalue weighted by atomic mass is 10.3. The first kappa shape index (κ1) is 16.0. The summed E-state index contributed by atoms with van der Waals surface area (Å²) in [4.78, 5) is 23.5. The maximum Gasteiger partial charge on any atom is 0.308 e. The maximum absolute atomic E-state index is 11.9. The first-order valence-corrected chi connectivity index (χ1v) is 7.21. The fraction of sp³-hybridized carbons (Fsp3) is 0.214. The Hall–Kier alpha value is -2.35. The molecule has 116 valence electrons. The van der Waals surface area contributed by atoms with Gasteiger partial charge in [0.05, 0.1) is 5.69 Å². The van der Waals surface area contributed by atoms with E-state index in [0.717, 1.165) is 4.47 Å². The summed E-state index contributed by atoms with van der Waals surface area (Å²) >= 11 is 3.31. The van der Waals surface area contributed by atoms with E-state index in [1.54, 1.807) is 32.0 Å². The van der Waals surface area contributed by atoms with Gasteiger partial charge >= 0.3 is 5.91 Å². The average Bonchev–Trinajstić information content (AvgIpc) is 2.91. The van der Waals surface area contributed by atoms with Crippen molar-refractivity contribution in [2.45, 2.75) is 20.0 Å². The molecule has 0 aliphatic rings. The summed E-state index contributed by atoms with van der Waals surface area (Å²) in [5.74, 6) is -0.541. The van der Waals surface area contributed by atoms with E-state index in [2.05, 4.69) is 31.9 Å². The van der Waals surface area contributed by atoms with Gasteiger partial charge in [0.1, 0.15) is 5.75 Å². The van der Waals surface area contributed by atoms with Crippen molar-refractivity contribution >= 4 is 27.7 Å². The summed E-state index contributed by atoms with van der Waals surface area (Å²) < 4.78 is 11.1. The molecule has 7 nitrogen and oxygen atoms in total. The number of carbonyl (C=O) groups is 2. The van der Waals surface area contributed by atoms with Crippen LogP contribution < -0.4 is 15.6 Å². The number of hydrogen-bond acceptors (Lipinski definition) is 5. The maximum atomic E-state index is 11.9. The zero-order valence-corrected chi connectivity index (χ0v) is 13.5. The predicted molar refractivity (Wildman–Crippen MR) is 81.1 cm³/mol. The Balaban J connectivity index is 1.85. The number of amides is 2. The number of ether oxygens (including phenoxy) is 1. The summed E-state index contributed by atoms with van der Waals surface area (Å²) in [7, 11) is 0. The van der Waals surface area contributed by atoms with Crippen molar-refractivity contribution in [1.29, 1.82) is 0 Å². The van der Waals surface area contributed by atoms with Crippen LogP contribution in [0.2, 0.25) is 0 Å². The van der Waals surface area contributed by atoms with Gasteiger partial charge in [0.15, 0.2) is 6.10 Å². The topological polar surface area (TPSA) is 93.5 Å². The van der Waals surface area contributed by atoms with Crippen molar-refractivity contribution in [3.8, 4) is 5.75 Å². The van der Waals surface area contributed by atoms with Gasteiger partial charge in [0, 0.05) is 10.5 Å². The van der Waals surface area contributed by atoms with E-state index in [0.29, 0.717) is 11.4 Å². The number of benzene rings is 1. The van der Waals surface area contributed by atoms with Gasteiger partial charge < -0.3 is 9.26 Å². The molecule has 0 bridgehead atoms. The predicted octanol–water partition coefficient (Wildman–Crippen LogP) is 1.97. The molecule has 2 aromatic rings. The minimum Gasteiger partial charge on any atom is -0.481 e. The lowest BCUT2D eigenvalue weighted by Crippen LogP contribution is -2.47. The van der Waals surface area contributed by atoms with Crippen molar-refractivity contribution < 1.29 is 18.8 Å². The van der Waals surface area contributed by atoms with Crippen molar-refractivity contribution in [2.24, 2.45) is 0 Å². The van der Waals surface area contributed by atoms with Crippen LogP contribution >= 0.6 is 15.9 Å². The van der Waals surface area contributed by atoms with E-state index >= 15 is 0 Å². The molecule has 1 aromatic heterocycles. The molecule has 0 aliphatic carbocycles. The first-order valence-electron chi connectivity index (χ1n) is 6.41. The lowest BCUT2D eigenvalue weighted by molar-refractivity contribution is -0.128. The van der Waals surface area contributed by atoms with Gasteiger partial charge in [-0.3, -0.25) is 20.4 Å². The SMILES string of the molecule is Cc1cc(C(=O)NNC(=O)C(C)Oc2cccc(Br)c2)on1. The molecule has 1 aromatic carbocycles. The highest BCUT2D eigenvalue weighted by molar-refractivity contribution is 9.10. The van der Waals surface area contributed by atoms with E-state index in [1.807, 2.05) is 6.07 Å². The highest BCUT2D eigenvalue weighted by atomic mass is 79.9. The standard InChI is InChI=1S/C14H14BrN3O4/c1-8-6-12(22-18-8)14(20)17-16-13(19)9(2)21-11-5-3-4-10(15)7-11/h3-7,9H,1-2H3,(H,16,19)(H,17,20). The third-order valence-electron chi connectivity index (χ3n) is 2.63. The fourth-order valence-corrected chi connectivity index (χ4v) is 1.93. The minimum atomic E-state index is -0.786. The molecular formula is C14H14BrN3O4. The molecule has 0 spiro atoms. The van der Waals surface area contributed by atoms with E-state index in [-0.39, 0.29) is 5.76 Å². The van der Waals surface area contributed by atoms with E-state index in [1.165, 1.54) is 6.07 Å². The molecule has 0 saturated heterocycles. The van der Waals surface area contributed by atoms with Crippen LogP contribution in [0.25, 0.3) is 0 Å². The number of aryl methyl sites for hydroxylation is 1. The summed E-state index contributed by atoms with van der Waals surface area (Å²) in [5.41, 5.74) is 5.06. The van der Waals surface area contributed by atoms with Crippen molar-refractivity contribution in [3.63, 3.8) is 0 Å². The molecule has 1 heterocycles. The van der Waals surface area contributed by atoms with Crippen LogP contribution in [-0.4, -0.2) is 23.1 Å². The van der Waals surface area contributed by atoms with Crippen LogP contribution in [0.15, 0.2) is 39.3 Å². The van der Waals surface area contributed by atoms with Crippen LogP contribution in [0.1, 0.15) is 23.2 Å². The summed E-state index contributed by atoms with van der Waals surface area (Å²) in [6.45, 7) is 3.26. The van der Waals surface area contributed by atoms with Crippen LogP contribution in [-0.2, 0) is 4.79 Å². The molecule has 2 amide bonds. The Labute approximate surface area is 135 Å². The second kappa shape index (κ2) is 7.08. The molecule has 2 N–H and O–H groups in total. The molecule has 8 heteroatoms. The van der Waals surface area contributed by atoms with Gasteiger partial charge in [0.25, 0.3) is 5.91 Å². The highest BCUT2D eigenvalue weighted by Crippen LogP contribution is 2.18. The van der Waals surface area contributed by atoms with Crippen molar-refractivity contribution in [3.05, 3.63) is 46.3 Å². The molecule has 1 atom stereocenters. The zero-order valence-electron chi connectivity index (χ0n) is 11.9. The van der Waals surface area contributed by atoms with E-state index in [9.17, 15) is 9.59 Å². The second-order valence-corrected chi connectivity index (χ2v) is 5.41. The quantitative estimate of drug-likeness (QED) is 0.805. The molecular weight excluding hydrogens is 354 g/mol. The number of nitrogens with one attached hydrogen (secondary N) is 2. The number of hydrogen-bond donors (Lipinski definition) is 2. The number of carbonyl (C=O) groups excluding carboxylic acids is 2. The number of halogens is 1. The molecule has 0 saturated carbocycles. The summed E-state index contributed by atoms with van der Waals surface area (Å²) in [6, 6.07) is 8.56. The minimum absolute atomic E-state index is 0.0124. The first-order chi connectivity index (χ1) is 10.5. The number of aromatic nitrogens is 1. The molecule has 1 unspecified atom stereocenters. The van der Waals surface area contributed by atoms with Crippen LogP contribution in [0.5, 0.6) is 5.75 Å². The molecule has 2 rings (SSSR count). The molecule has 0 radical (unpaired) electrons. The van der Waals surface area contributed by atoms with Gasteiger partial charge in [-0.2, -0.15) is 0 Å². The average molecular weight is 368 g/mol. The number of hydrazine groups is 1. The van der Waals surface area contributed by atoms with Crippen LogP contribution in [0.3, 0.4) is 0 Å². The summed E-state index contributed by atoms with van der Waals surface area (Å²) in [6.07, 6.45) is -0.786. The lowest BCUT2D eigenvalue weighted by Gasteiger charge is -2.14. The number of rotatable bonds is 4. The molecule has 0 fully saturated rings. The van der Waals surface area contributed by atoms with Crippen molar-refractivity contribution in [1.82, 2.24) is 16.0 Å². The van der Waals surface area contributed by atoms with Crippen LogP contribution in [0.4, 0.5) is 0 Å². The Morgan fingerprint density at radius 1 is 1.32 bits per heavy atom. The third-order valence-corrected chi connectivity index (χ3v) is 3.12. The highest BCUT2D eigenvalue weighted by Gasteiger charge is 2.17.